The van der Waals surface area contributed by atoms with Gasteiger partial charge in [-0.1, -0.05) is 12.1 Å². The van der Waals surface area contributed by atoms with Crippen molar-refractivity contribution < 1.29 is 14.3 Å². The molecule has 0 bridgehead atoms. The van der Waals surface area contributed by atoms with Crippen molar-refractivity contribution in [1.82, 2.24) is 15.1 Å². The number of amides is 1. The molecule has 7 nitrogen and oxygen atoms in total. The first-order chi connectivity index (χ1) is 13.4. The molecule has 7 heteroatoms. The van der Waals surface area contributed by atoms with Gasteiger partial charge in [0.15, 0.2) is 0 Å². The molecule has 1 aromatic heterocycles. The molecule has 0 spiro atoms. The molecule has 1 aliphatic heterocycles. The maximum absolute atomic E-state index is 13.1. The lowest BCUT2D eigenvalue weighted by atomic mass is 9.99. The van der Waals surface area contributed by atoms with Gasteiger partial charge in [0.25, 0.3) is 5.91 Å². The molecule has 2 atom stereocenters. The number of nitrogens with zero attached hydrogens (tertiary/aromatic N) is 3. The fraction of sp³-hybridized carbons (Fsp3) is 0.476. The number of hydrogen-bond donors (Lipinski definition) is 1. The van der Waals surface area contributed by atoms with E-state index in [2.05, 4.69) is 16.5 Å². The van der Waals surface area contributed by atoms with E-state index in [9.17, 15) is 10.1 Å². The van der Waals surface area contributed by atoms with Crippen LogP contribution >= 0.6 is 0 Å². The fourth-order valence-electron chi connectivity index (χ4n) is 3.55. The molecular formula is C21H26N4O3. The van der Waals surface area contributed by atoms with E-state index in [1.54, 1.807) is 11.8 Å². The maximum atomic E-state index is 13.1. The van der Waals surface area contributed by atoms with Crippen LogP contribution in [0.1, 0.15) is 58.4 Å². The molecule has 0 fully saturated rings. The highest BCUT2D eigenvalue weighted by molar-refractivity contribution is 5.94. The predicted molar refractivity (Wildman–Crippen MR) is 104 cm³/mol. The molecule has 0 radical (unpaired) electrons. The Kier molecular flexibility index (Phi) is 6.12. The largest absolute Gasteiger partial charge is 0.383 e. The van der Waals surface area contributed by atoms with Gasteiger partial charge in [-0.05, 0) is 38.0 Å². The van der Waals surface area contributed by atoms with E-state index >= 15 is 0 Å². The number of ether oxygens (including phenoxy) is 2. The molecular weight excluding hydrogens is 356 g/mol. The lowest BCUT2D eigenvalue weighted by Crippen LogP contribution is -2.29. The van der Waals surface area contributed by atoms with Crippen molar-refractivity contribution in [1.29, 1.82) is 5.26 Å². The van der Waals surface area contributed by atoms with Crippen LogP contribution in [0.25, 0.3) is 0 Å². The second-order valence-electron chi connectivity index (χ2n) is 7.17. The molecule has 0 aliphatic carbocycles. The highest BCUT2D eigenvalue weighted by atomic mass is 16.5. The van der Waals surface area contributed by atoms with Gasteiger partial charge in [-0.25, -0.2) is 0 Å². The monoisotopic (exact) mass is 382 g/mol. The highest BCUT2D eigenvalue weighted by Gasteiger charge is 2.32. The van der Waals surface area contributed by atoms with E-state index in [0.717, 1.165) is 22.4 Å². The van der Waals surface area contributed by atoms with Gasteiger partial charge < -0.3 is 14.8 Å². The van der Waals surface area contributed by atoms with Crippen LogP contribution in [0, 0.1) is 18.3 Å². The minimum Gasteiger partial charge on any atom is -0.383 e. The van der Waals surface area contributed by atoms with Crippen LogP contribution in [-0.4, -0.2) is 35.5 Å². The summed E-state index contributed by atoms with van der Waals surface area (Å²) in [6.45, 7) is 7.17. The summed E-state index contributed by atoms with van der Waals surface area (Å²) in [5.41, 5.74) is 4.77. The minimum absolute atomic E-state index is 0.0319. The van der Waals surface area contributed by atoms with Gasteiger partial charge >= 0.3 is 0 Å². The van der Waals surface area contributed by atoms with Crippen LogP contribution in [0.5, 0.6) is 0 Å². The molecule has 1 amide bonds. The molecule has 0 saturated heterocycles. The third-order valence-electron chi connectivity index (χ3n) is 4.99. The van der Waals surface area contributed by atoms with Gasteiger partial charge in [-0.2, -0.15) is 10.4 Å². The van der Waals surface area contributed by atoms with Crippen molar-refractivity contribution >= 4 is 5.91 Å². The maximum Gasteiger partial charge on any atom is 0.270 e. The van der Waals surface area contributed by atoms with Crippen molar-refractivity contribution in [3.8, 4) is 6.07 Å². The van der Waals surface area contributed by atoms with Crippen molar-refractivity contribution in [2.24, 2.45) is 0 Å². The first-order valence-corrected chi connectivity index (χ1v) is 9.46. The molecule has 1 aliphatic rings. The van der Waals surface area contributed by atoms with Gasteiger partial charge in [0.2, 0.25) is 0 Å². The normalized spacial score (nSPS) is 18.4. The Morgan fingerprint density at radius 1 is 1.46 bits per heavy atom. The van der Waals surface area contributed by atoms with Gasteiger partial charge in [-0.15, -0.1) is 0 Å². The highest BCUT2D eigenvalue weighted by Crippen LogP contribution is 2.31. The summed E-state index contributed by atoms with van der Waals surface area (Å²) >= 11 is 0. The Morgan fingerprint density at radius 3 is 2.96 bits per heavy atom. The van der Waals surface area contributed by atoms with E-state index in [1.165, 1.54) is 0 Å². The lowest BCUT2D eigenvalue weighted by Gasteiger charge is -2.24. The number of aryl methyl sites for hydroxylation is 1. The number of rotatable bonds is 6. The van der Waals surface area contributed by atoms with E-state index in [0.29, 0.717) is 37.4 Å². The Hall–Kier alpha value is -2.69. The average Bonchev–Trinajstić information content (AvgIpc) is 3.04. The number of hydrogen-bond acceptors (Lipinski definition) is 5. The Morgan fingerprint density at radius 2 is 2.25 bits per heavy atom. The van der Waals surface area contributed by atoms with Crippen molar-refractivity contribution in [3.05, 3.63) is 51.8 Å². The number of methoxy groups -OCH3 is 1. The van der Waals surface area contributed by atoms with Crippen LogP contribution in [0.15, 0.2) is 18.2 Å². The number of carbonyl (C=O) groups is 1. The molecule has 1 N–H and O–H groups in total. The third kappa shape index (κ3) is 4.08. The zero-order valence-electron chi connectivity index (χ0n) is 16.8. The molecule has 148 valence electrons. The van der Waals surface area contributed by atoms with Crippen LogP contribution in [0.3, 0.4) is 0 Å². The zero-order valence-corrected chi connectivity index (χ0v) is 16.8. The van der Waals surface area contributed by atoms with Crippen molar-refractivity contribution in [2.75, 3.05) is 13.7 Å². The zero-order chi connectivity index (χ0) is 20.3. The molecule has 0 unspecified atom stereocenters. The summed E-state index contributed by atoms with van der Waals surface area (Å²) in [5, 5.41) is 16.8. The van der Waals surface area contributed by atoms with Gasteiger partial charge in [0.1, 0.15) is 5.69 Å². The molecule has 0 saturated carbocycles. The van der Waals surface area contributed by atoms with Crippen molar-refractivity contribution in [3.63, 3.8) is 0 Å². The van der Waals surface area contributed by atoms with Crippen LogP contribution in [0.4, 0.5) is 0 Å². The van der Waals surface area contributed by atoms with Gasteiger partial charge in [0.05, 0.1) is 42.7 Å². The Labute approximate surface area is 165 Å². The minimum atomic E-state index is -0.176. The molecule has 1 aromatic carbocycles. The number of nitrogens with one attached hydrogen (secondary N) is 1. The first kappa shape index (κ1) is 20.1. The van der Waals surface area contributed by atoms with Crippen molar-refractivity contribution in [2.45, 2.75) is 52.5 Å². The fourth-order valence-corrected chi connectivity index (χ4v) is 3.55. The third-order valence-corrected chi connectivity index (χ3v) is 4.99. The molecule has 3 rings (SSSR count). The first-order valence-electron chi connectivity index (χ1n) is 9.46. The van der Waals surface area contributed by atoms with E-state index < -0.39 is 0 Å². The van der Waals surface area contributed by atoms with Crippen LogP contribution in [0.2, 0.25) is 0 Å². The molecule has 28 heavy (non-hydrogen) atoms. The number of fused-ring (bicyclic) bond motifs is 1. The summed E-state index contributed by atoms with van der Waals surface area (Å²) in [4.78, 5) is 13.1. The van der Waals surface area contributed by atoms with E-state index in [-0.39, 0.29) is 18.1 Å². The molecule has 2 aromatic rings. The van der Waals surface area contributed by atoms with Gasteiger partial charge in [-0.3, -0.25) is 9.48 Å². The average molecular weight is 382 g/mol. The summed E-state index contributed by atoms with van der Waals surface area (Å²) in [7, 11) is 1.63. The van der Waals surface area contributed by atoms with E-state index in [4.69, 9.17) is 9.47 Å². The summed E-state index contributed by atoms with van der Waals surface area (Å²) in [5.74, 6) is -0.176. The smallest absolute Gasteiger partial charge is 0.270 e. The summed E-state index contributed by atoms with van der Waals surface area (Å²) in [6, 6.07) is 7.81. The Balaban J connectivity index is 1.85. The molecule has 2 heterocycles. The predicted octanol–water partition coefficient (Wildman–Crippen LogP) is 2.66. The van der Waals surface area contributed by atoms with Gasteiger partial charge in [0, 0.05) is 25.6 Å². The topological polar surface area (TPSA) is 89.2 Å². The van der Waals surface area contributed by atoms with Crippen LogP contribution in [-0.2, 0) is 29.0 Å². The SMILES string of the molecule is COCCn1nc2c(c1C(=O)NCc1ccc(C)c(C#N)c1)C[C@H](C)O[C@@H]2C. The standard InChI is InChI=1S/C21H26N4O3/c1-13-5-6-16(10-17(13)11-22)12-23-21(26)20-18-9-14(2)28-15(3)19(18)24-25(20)7-8-27-4/h5-6,10,14-15H,7-9,12H2,1-4H3,(H,23,26)/t14-,15+/m0/s1. The summed E-state index contributed by atoms with van der Waals surface area (Å²) in [6.07, 6.45) is 0.534. The van der Waals surface area contributed by atoms with Crippen LogP contribution < -0.4 is 5.32 Å². The summed E-state index contributed by atoms with van der Waals surface area (Å²) < 4.78 is 12.8. The quantitative estimate of drug-likeness (QED) is 0.830. The second-order valence-corrected chi connectivity index (χ2v) is 7.17. The second kappa shape index (κ2) is 8.55. The number of aromatic nitrogens is 2. The lowest BCUT2D eigenvalue weighted by molar-refractivity contribution is -0.00716. The number of carbonyl (C=O) groups excluding carboxylic acids is 1. The van der Waals surface area contributed by atoms with E-state index in [1.807, 2.05) is 39.0 Å². The number of benzene rings is 1. The Bertz CT molecular complexity index is 913. The number of nitriles is 1.